The highest BCUT2D eigenvalue weighted by Gasteiger charge is 2.26. The summed E-state index contributed by atoms with van der Waals surface area (Å²) < 4.78 is 7.14. The number of rotatable bonds is 4. The molecular weight excluding hydrogens is 268 g/mol. The molecule has 0 radical (unpaired) electrons. The first-order valence-electron chi connectivity index (χ1n) is 7.44. The molecule has 3 rings (SSSR count). The van der Waals surface area contributed by atoms with Gasteiger partial charge in [-0.15, -0.1) is 0 Å². The van der Waals surface area contributed by atoms with E-state index in [4.69, 9.17) is 4.52 Å². The second-order valence-corrected chi connectivity index (χ2v) is 5.67. The Balaban J connectivity index is 1.67. The van der Waals surface area contributed by atoms with Crippen LogP contribution in [0.4, 0.5) is 0 Å². The molecule has 2 heterocycles. The maximum atomic E-state index is 12.3. The number of aryl methyl sites for hydroxylation is 2. The number of nitrogens with one attached hydrogen (secondary N) is 1. The fourth-order valence-corrected chi connectivity index (χ4v) is 2.69. The molecule has 112 valence electrons. The predicted octanol–water partition coefficient (Wildman–Crippen LogP) is 1.95. The van der Waals surface area contributed by atoms with Crippen LogP contribution in [0.3, 0.4) is 0 Å². The topological polar surface area (TPSA) is 73.0 Å². The van der Waals surface area contributed by atoms with Crippen molar-refractivity contribution in [1.29, 1.82) is 0 Å². The van der Waals surface area contributed by atoms with E-state index in [-0.39, 0.29) is 5.91 Å². The fourth-order valence-electron chi connectivity index (χ4n) is 2.69. The van der Waals surface area contributed by atoms with Crippen LogP contribution in [-0.4, -0.2) is 20.8 Å². The Kier molecular flexibility index (Phi) is 3.77. The molecule has 1 unspecified atom stereocenters. The Bertz CT molecular complexity index is 644. The number of carbonyl (C=O) groups excluding carboxylic acids is 1. The first-order chi connectivity index (χ1) is 10.2. The van der Waals surface area contributed by atoms with Crippen molar-refractivity contribution >= 4 is 5.91 Å². The zero-order valence-electron chi connectivity index (χ0n) is 12.4. The Morgan fingerprint density at radius 1 is 1.57 bits per heavy atom. The molecule has 0 aromatic carbocycles. The van der Waals surface area contributed by atoms with E-state index in [0.29, 0.717) is 18.2 Å². The normalized spacial score (nSPS) is 17.5. The SMILES string of the molecule is CCn1cc(CNC(=O)c2noc3c2CC(C)CC3)cn1. The molecule has 0 fully saturated rings. The van der Waals surface area contributed by atoms with E-state index in [1.165, 1.54) is 0 Å². The van der Waals surface area contributed by atoms with Gasteiger partial charge in [0.1, 0.15) is 5.76 Å². The minimum atomic E-state index is -0.168. The van der Waals surface area contributed by atoms with Gasteiger partial charge < -0.3 is 9.84 Å². The number of amides is 1. The Morgan fingerprint density at radius 2 is 2.43 bits per heavy atom. The third-order valence-corrected chi connectivity index (χ3v) is 3.97. The van der Waals surface area contributed by atoms with Gasteiger partial charge >= 0.3 is 0 Å². The van der Waals surface area contributed by atoms with Crippen molar-refractivity contribution in [3.05, 3.63) is 35.0 Å². The van der Waals surface area contributed by atoms with E-state index in [9.17, 15) is 4.79 Å². The van der Waals surface area contributed by atoms with Crippen LogP contribution in [0.25, 0.3) is 0 Å². The second-order valence-electron chi connectivity index (χ2n) is 5.67. The Hall–Kier alpha value is -2.11. The number of hydrogen-bond acceptors (Lipinski definition) is 4. The summed E-state index contributed by atoms with van der Waals surface area (Å²) in [5.74, 6) is 1.28. The van der Waals surface area contributed by atoms with Crippen molar-refractivity contribution in [2.24, 2.45) is 5.92 Å². The number of nitrogens with zero attached hydrogens (tertiary/aromatic N) is 3. The summed E-state index contributed by atoms with van der Waals surface area (Å²) in [5.41, 5.74) is 2.41. The highest BCUT2D eigenvalue weighted by atomic mass is 16.5. The summed E-state index contributed by atoms with van der Waals surface area (Å²) in [6, 6.07) is 0. The molecule has 0 bridgehead atoms. The minimum Gasteiger partial charge on any atom is -0.360 e. The van der Waals surface area contributed by atoms with E-state index in [1.807, 2.05) is 17.8 Å². The molecule has 2 aromatic heterocycles. The van der Waals surface area contributed by atoms with Gasteiger partial charge in [-0.1, -0.05) is 12.1 Å². The summed E-state index contributed by atoms with van der Waals surface area (Å²) in [5, 5.41) is 11.0. The van der Waals surface area contributed by atoms with Crippen LogP contribution >= 0.6 is 0 Å². The van der Waals surface area contributed by atoms with E-state index in [2.05, 4.69) is 22.5 Å². The zero-order valence-corrected chi connectivity index (χ0v) is 12.4. The van der Waals surface area contributed by atoms with E-state index < -0.39 is 0 Å². The average molecular weight is 288 g/mol. The standard InChI is InChI=1S/C15H20N4O2/c1-3-19-9-11(8-17-19)7-16-15(20)14-12-6-10(2)4-5-13(12)21-18-14/h8-10H,3-7H2,1-2H3,(H,16,20). The maximum Gasteiger partial charge on any atom is 0.274 e. The smallest absolute Gasteiger partial charge is 0.274 e. The minimum absolute atomic E-state index is 0.168. The summed E-state index contributed by atoms with van der Waals surface area (Å²) in [7, 11) is 0. The molecule has 0 saturated carbocycles. The van der Waals surface area contributed by atoms with Gasteiger partial charge in [0, 0.05) is 36.8 Å². The molecule has 1 amide bonds. The van der Waals surface area contributed by atoms with Gasteiger partial charge in [-0.25, -0.2) is 0 Å². The third kappa shape index (κ3) is 2.84. The average Bonchev–Trinajstić information content (AvgIpc) is 3.10. The first kappa shape index (κ1) is 13.9. The van der Waals surface area contributed by atoms with Crippen LogP contribution in [0.2, 0.25) is 0 Å². The van der Waals surface area contributed by atoms with Crippen LogP contribution in [-0.2, 0) is 25.9 Å². The highest BCUT2D eigenvalue weighted by Crippen LogP contribution is 2.27. The van der Waals surface area contributed by atoms with Gasteiger partial charge in [-0.3, -0.25) is 9.48 Å². The predicted molar refractivity (Wildman–Crippen MR) is 76.8 cm³/mol. The third-order valence-electron chi connectivity index (χ3n) is 3.97. The number of hydrogen-bond donors (Lipinski definition) is 1. The molecule has 1 aliphatic rings. The molecular formula is C15H20N4O2. The van der Waals surface area contributed by atoms with Crippen LogP contribution in [0.15, 0.2) is 16.9 Å². The first-order valence-corrected chi connectivity index (χ1v) is 7.44. The summed E-state index contributed by atoms with van der Waals surface area (Å²) in [4.78, 5) is 12.3. The number of carbonyl (C=O) groups is 1. The van der Waals surface area contributed by atoms with Gasteiger partial charge in [0.2, 0.25) is 0 Å². The molecule has 1 aliphatic carbocycles. The van der Waals surface area contributed by atoms with Gasteiger partial charge in [-0.05, 0) is 25.7 Å². The molecule has 21 heavy (non-hydrogen) atoms. The van der Waals surface area contributed by atoms with E-state index in [1.54, 1.807) is 6.20 Å². The van der Waals surface area contributed by atoms with Crippen LogP contribution < -0.4 is 5.32 Å². The lowest BCUT2D eigenvalue weighted by Gasteiger charge is -2.16. The Labute approximate surface area is 123 Å². The Morgan fingerprint density at radius 3 is 3.19 bits per heavy atom. The van der Waals surface area contributed by atoms with E-state index in [0.717, 1.165) is 42.7 Å². The van der Waals surface area contributed by atoms with Crippen molar-refractivity contribution < 1.29 is 9.32 Å². The summed E-state index contributed by atoms with van der Waals surface area (Å²) in [6.07, 6.45) is 6.54. The fraction of sp³-hybridized carbons (Fsp3) is 0.533. The summed E-state index contributed by atoms with van der Waals surface area (Å²) in [6.45, 7) is 5.49. The summed E-state index contributed by atoms with van der Waals surface area (Å²) >= 11 is 0. The van der Waals surface area contributed by atoms with Crippen molar-refractivity contribution in [3.63, 3.8) is 0 Å². The van der Waals surface area contributed by atoms with Crippen molar-refractivity contribution in [3.8, 4) is 0 Å². The number of aromatic nitrogens is 3. The van der Waals surface area contributed by atoms with Gasteiger partial charge in [0.25, 0.3) is 5.91 Å². The van der Waals surface area contributed by atoms with Crippen molar-refractivity contribution in [2.45, 2.75) is 46.2 Å². The van der Waals surface area contributed by atoms with Crippen molar-refractivity contribution in [2.75, 3.05) is 0 Å². The largest absolute Gasteiger partial charge is 0.360 e. The highest BCUT2D eigenvalue weighted by molar-refractivity contribution is 5.93. The van der Waals surface area contributed by atoms with Crippen molar-refractivity contribution in [1.82, 2.24) is 20.3 Å². The lowest BCUT2D eigenvalue weighted by Crippen LogP contribution is -2.25. The maximum absolute atomic E-state index is 12.3. The molecule has 1 atom stereocenters. The quantitative estimate of drug-likeness (QED) is 0.933. The molecule has 6 heteroatoms. The zero-order chi connectivity index (χ0) is 14.8. The lowest BCUT2D eigenvalue weighted by molar-refractivity contribution is 0.0941. The van der Waals surface area contributed by atoms with Crippen LogP contribution in [0.1, 0.15) is 47.6 Å². The van der Waals surface area contributed by atoms with Gasteiger partial charge in [-0.2, -0.15) is 5.10 Å². The molecule has 2 aromatic rings. The van der Waals surface area contributed by atoms with Gasteiger partial charge in [0.15, 0.2) is 5.69 Å². The van der Waals surface area contributed by atoms with Crippen LogP contribution in [0, 0.1) is 5.92 Å². The molecule has 0 saturated heterocycles. The van der Waals surface area contributed by atoms with Crippen LogP contribution in [0.5, 0.6) is 0 Å². The molecule has 0 spiro atoms. The molecule has 0 aliphatic heterocycles. The number of fused-ring (bicyclic) bond motifs is 1. The monoisotopic (exact) mass is 288 g/mol. The van der Waals surface area contributed by atoms with E-state index >= 15 is 0 Å². The second kappa shape index (κ2) is 5.71. The molecule has 1 N–H and O–H groups in total. The molecule has 6 nitrogen and oxygen atoms in total. The lowest BCUT2D eigenvalue weighted by atomic mass is 9.88. The van der Waals surface area contributed by atoms with Gasteiger partial charge in [0.05, 0.1) is 6.20 Å².